The Morgan fingerprint density at radius 2 is 1.61 bits per heavy atom. The molecule has 0 aliphatic rings. The van der Waals surface area contributed by atoms with Gasteiger partial charge in [0.2, 0.25) is 0 Å². The topological polar surface area (TPSA) is 38.7 Å². The zero-order chi connectivity index (χ0) is 16.9. The summed E-state index contributed by atoms with van der Waals surface area (Å²) in [6, 6.07) is 8.18. The van der Waals surface area contributed by atoms with E-state index < -0.39 is 6.10 Å². The van der Waals surface area contributed by atoms with Crippen LogP contribution in [0.25, 0.3) is 0 Å². The van der Waals surface area contributed by atoms with Gasteiger partial charge in [-0.05, 0) is 38.3 Å². The van der Waals surface area contributed by atoms with E-state index in [9.17, 15) is 5.11 Å². The van der Waals surface area contributed by atoms with Crippen LogP contribution in [-0.4, -0.2) is 24.1 Å². The van der Waals surface area contributed by atoms with Crippen LogP contribution < -0.4 is 4.74 Å². The van der Waals surface area contributed by atoms with Crippen molar-refractivity contribution in [3.8, 4) is 5.75 Å². The average Bonchev–Trinajstić information content (AvgIpc) is 2.53. The molecule has 0 spiro atoms. The number of rotatable bonds is 13. The molecule has 0 radical (unpaired) electrons. The van der Waals surface area contributed by atoms with Crippen molar-refractivity contribution in [2.45, 2.75) is 84.5 Å². The van der Waals surface area contributed by atoms with E-state index in [2.05, 4.69) is 19.1 Å². The quantitative estimate of drug-likeness (QED) is 0.405. The number of benzene rings is 1. The van der Waals surface area contributed by atoms with Crippen molar-refractivity contribution in [1.29, 1.82) is 0 Å². The molecule has 1 N–H and O–H groups in total. The minimum Gasteiger partial charge on any atom is -0.465 e. The summed E-state index contributed by atoms with van der Waals surface area (Å²) in [7, 11) is 0. The van der Waals surface area contributed by atoms with Gasteiger partial charge in [-0.25, -0.2) is 0 Å². The zero-order valence-electron chi connectivity index (χ0n) is 15.1. The molecule has 0 aliphatic heterocycles. The average molecular weight is 322 g/mol. The van der Waals surface area contributed by atoms with Crippen LogP contribution in [0.2, 0.25) is 0 Å². The fourth-order valence-corrected chi connectivity index (χ4v) is 2.59. The highest BCUT2D eigenvalue weighted by atomic mass is 16.7. The zero-order valence-corrected chi connectivity index (χ0v) is 15.1. The molecule has 0 aliphatic carbocycles. The van der Waals surface area contributed by atoms with E-state index in [4.69, 9.17) is 9.47 Å². The summed E-state index contributed by atoms with van der Waals surface area (Å²) >= 11 is 0. The molecule has 0 bridgehead atoms. The second kappa shape index (κ2) is 12.4. The molecule has 3 heteroatoms. The molecule has 1 rings (SSSR count). The summed E-state index contributed by atoms with van der Waals surface area (Å²) in [5, 5.41) is 9.26. The first kappa shape index (κ1) is 20.0. The third-order valence-electron chi connectivity index (χ3n) is 3.89. The second-order valence-electron chi connectivity index (χ2n) is 6.35. The number of aryl methyl sites for hydroxylation is 1. The number of unbranched alkanes of at least 4 members (excludes halogenated alkanes) is 6. The molecule has 0 saturated carbocycles. The lowest BCUT2D eigenvalue weighted by molar-refractivity contribution is -0.0910. The molecular weight excluding hydrogens is 288 g/mol. The molecule has 0 heterocycles. The van der Waals surface area contributed by atoms with E-state index in [1.807, 2.05) is 19.1 Å². The van der Waals surface area contributed by atoms with Crippen LogP contribution in [0.3, 0.4) is 0 Å². The van der Waals surface area contributed by atoms with Crippen molar-refractivity contribution in [3.63, 3.8) is 0 Å². The lowest BCUT2D eigenvalue weighted by Gasteiger charge is -2.18. The molecule has 0 fully saturated rings. The van der Waals surface area contributed by atoms with Crippen molar-refractivity contribution in [1.82, 2.24) is 0 Å². The number of hydrogen-bond acceptors (Lipinski definition) is 3. The lowest BCUT2D eigenvalue weighted by atomic mass is 10.0. The standard InChI is InChI=1S/C20H34O3/c1-4-5-6-7-8-9-10-13-19-14-11-12-15-20(19)23-18(3)22-16-17(2)21/h11-12,14-15,17-18,21H,4-10,13,16H2,1-3H3. The van der Waals surface area contributed by atoms with Gasteiger partial charge in [0.05, 0.1) is 12.7 Å². The number of ether oxygens (including phenoxy) is 2. The molecule has 23 heavy (non-hydrogen) atoms. The normalized spacial score (nSPS) is 13.7. The predicted molar refractivity (Wildman–Crippen MR) is 95.9 cm³/mol. The van der Waals surface area contributed by atoms with Crippen molar-refractivity contribution < 1.29 is 14.6 Å². The smallest absolute Gasteiger partial charge is 0.197 e. The van der Waals surface area contributed by atoms with Gasteiger partial charge in [-0.3, -0.25) is 0 Å². The van der Waals surface area contributed by atoms with Crippen LogP contribution in [0, 0.1) is 0 Å². The molecular formula is C20H34O3. The Balaban J connectivity index is 2.32. The Bertz CT molecular complexity index is 404. The Morgan fingerprint density at radius 3 is 2.30 bits per heavy atom. The van der Waals surface area contributed by atoms with Gasteiger partial charge in [0, 0.05) is 0 Å². The molecule has 0 aromatic heterocycles. The first-order valence-corrected chi connectivity index (χ1v) is 9.17. The third-order valence-corrected chi connectivity index (χ3v) is 3.89. The van der Waals surface area contributed by atoms with E-state index in [1.54, 1.807) is 6.92 Å². The highest BCUT2D eigenvalue weighted by Crippen LogP contribution is 2.22. The van der Waals surface area contributed by atoms with E-state index in [0.29, 0.717) is 6.61 Å². The van der Waals surface area contributed by atoms with Crippen molar-refractivity contribution >= 4 is 0 Å². The van der Waals surface area contributed by atoms with E-state index in [1.165, 1.54) is 50.5 Å². The SMILES string of the molecule is CCCCCCCCCc1ccccc1OC(C)OCC(C)O. The number of aliphatic hydroxyl groups is 1. The van der Waals surface area contributed by atoms with Crippen molar-refractivity contribution in [2.75, 3.05) is 6.61 Å². The Hall–Kier alpha value is -1.06. The molecule has 1 aromatic carbocycles. The fourth-order valence-electron chi connectivity index (χ4n) is 2.59. The lowest BCUT2D eigenvalue weighted by Crippen LogP contribution is -2.22. The van der Waals surface area contributed by atoms with E-state index in [0.717, 1.165) is 12.2 Å². The summed E-state index contributed by atoms with van der Waals surface area (Å²) in [5.74, 6) is 0.900. The fraction of sp³-hybridized carbons (Fsp3) is 0.700. The predicted octanol–water partition coefficient (Wildman–Crippen LogP) is 5.10. The maximum atomic E-state index is 9.26. The maximum absolute atomic E-state index is 9.26. The van der Waals surface area contributed by atoms with Gasteiger partial charge in [-0.1, -0.05) is 63.6 Å². The summed E-state index contributed by atoms with van der Waals surface area (Å²) in [6.45, 7) is 6.12. The van der Waals surface area contributed by atoms with Crippen LogP contribution in [0.1, 0.15) is 71.3 Å². The summed E-state index contributed by atoms with van der Waals surface area (Å²) < 4.78 is 11.3. The van der Waals surface area contributed by atoms with E-state index in [-0.39, 0.29) is 6.29 Å². The van der Waals surface area contributed by atoms with Gasteiger partial charge < -0.3 is 14.6 Å². The molecule has 2 atom stereocenters. The third kappa shape index (κ3) is 9.62. The molecule has 132 valence electrons. The molecule has 1 aromatic rings. The molecule has 0 amide bonds. The molecule has 0 saturated heterocycles. The molecule has 3 nitrogen and oxygen atoms in total. The monoisotopic (exact) mass is 322 g/mol. The first-order chi connectivity index (χ1) is 11.1. The number of hydrogen-bond donors (Lipinski definition) is 1. The summed E-state index contributed by atoms with van der Waals surface area (Å²) in [5.41, 5.74) is 1.24. The maximum Gasteiger partial charge on any atom is 0.197 e. The first-order valence-electron chi connectivity index (χ1n) is 9.17. The Morgan fingerprint density at radius 1 is 0.957 bits per heavy atom. The van der Waals surface area contributed by atoms with Gasteiger partial charge in [0.1, 0.15) is 5.75 Å². The summed E-state index contributed by atoms with van der Waals surface area (Å²) in [6.07, 6.45) is 9.45. The second-order valence-corrected chi connectivity index (χ2v) is 6.35. The Kier molecular flexibility index (Phi) is 10.8. The highest BCUT2D eigenvalue weighted by molar-refractivity contribution is 5.33. The minimum atomic E-state index is -0.469. The van der Waals surface area contributed by atoms with Gasteiger partial charge in [0.25, 0.3) is 0 Å². The van der Waals surface area contributed by atoms with Crippen LogP contribution in [0.4, 0.5) is 0 Å². The Labute approximate surface area is 142 Å². The minimum absolute atomic E-state index is 0.293. The van der Waals surface area contributed by atoms with Gasteiger partial charge in [-0.2, -0.15) is 0 Å². The van der Waals surface area contributed by atoms with Crippen LogP contribution in [0.5, 0.6) is 5.75 Å². The van der Waals surface area contributed by atoms with Crippen LogP contribution in [0.15, 0.2) is 24.3 Å². The van der Waals surface area contributed by atoms with Gasteiger partial charge in [-0.15, -0.1) is 0 Å². The van der Waals surface area contributed by atoms with Gasteiger partial charge >= 0.3 is 0 Å². The van der Waals surface area contributed by atoms with Crippen molar-refractivity contribution in [3.05, 3.63) is 29.8 Å². The summed E-state index contributed by atoms with van der Waals surface area (Å²) in [4.78, 5) is 0. The van der Waals surface area contributed by atoms with E-state index >= 15 is 0 Å². The van der Waals surface area contributed by atoms with Crippen LogP contribution in [-0.2, 0) is 11.2 Å². The number of aliphatic hydroxyl groups excluding tert-OH is 1. The van der Waals surface area contributed by atoms with Crippen molar-refractivity contribution in [2.24, 2.45) is 0 Å². The largest absolute Gasteiger partial charge is 0.465 e. The molecule has 2 unspecified atom stereocenters. The number of para-hydroxylation sites is 1. The van der Waals surface area contributed by atoms with Crippen LogP contribution >= 0.6 is 0 Å². The van der Waals surface area contributed by atoms with Gasteiger partial charge in [0.15, 0.2) is 6.29 Å². The highest BCUT2D eigenvalue weighted by Gasteiger charge is 2.09.